The zero-order valence-electron chi connectivity index (χ0n) is 16.3. The molecular weight excluding hydrogens is 410 g/mol. The lowest BCUT2D eigenvalue weighted by atomic mass is 10.3. The third-order valence-corrected chi connectivity index (χ3v) is 6.16. The standard InChI is InChI=1S/C20H19N3O6S/c1-3-7-18(24)29-20-19(14(2)21-22(20)15-8-5-4-6-9-15)30(27,28)17-12-10-16(11-13-17)23(25)26/h4-6,8-13H,3,7H2,1-2H3. The van der Waals surface area contributed by atoms with Crippen molar-refractivity contribution in [3.8, 4) is 11.6 Å². The molecule has 0 aliphatic rings. The number of nitro benzene ring substituents is 1. The predicted molar refractivity (Wildman–Crippen MR) is 107 cm³/mol. The molecule has 1 aromatic heterocycles. The summed E-state index contributed by atoms with van der Waals surface area (Å²) >= 11 is 0. The summed E-state index contributed by atoms with van der Waals surface area (Å²) in [6.07, 6.45) is 0.637. The van der Waals surface area contributed by atoms with E-state index in [1.807, 2.05) is 0 Å². The van der Waals surface area contributed by atoms with Gasteiger partial charge in [0.15, 0.2) is 4.90 Å². The lowest BCUT2D eigenvalue weighted by Gasteiger charge is -2.10. The summed E-state index contributed by atoms with van der Waals surface area (Å²) in [6.45, 7) is 3.30. The van der Waals surface area contributed by atoms with Crippen molar-refractivity contribution in [2.24, 2.45) is 0 Å². The van der Waals surface area contributed by atoms with Crippen LogP contribution in [0.25, 0.3) is 5.69 Å². The first kappa shape index (κ1) is 21.2. The molecule has 0 radical (unpaired) electrons. The largest absolute Gasteiger partial charge is 0.406 e. The Bertz CT molecular complexity index is 1190. The fourth-order valence-electron chi connectivity index (χ4n) is 2.86. The van der Waals surface area contributed by atoms with Crippen LogP contribution in [0.4, 0.5) is 5.69 Å². The molecule has 30 heavy (non-hydrogen) atoms. The second-order valence-electron chi connectivity index (χ2n) is 6.45. The number of ether oxygens (including phenoxy) is 1. The normalized spacial score (nSPS) is 11.3. The van der Waals surface area contributed by atoms with Gasteiger partial charge in [-0.1, -0.05) is 25.1 Å². The Kier molecular flexibility index (Phi) is 5.97. The first-order chi connectivity index (χ1) is 14.3. The summed E-state index contributed by atoms with van der Waals surface area (Å²) < 4.78 is 33.4. The average molecular weight is 429 g/mol. The van der Waals surface area contributed by atoms with Gasteiger partial charge < -0.3 is 4.74 Å². The number of aromatic nitrogens is 2. The summed E-state index contributed by atoms with van der Waals surface area (Å²) in [5, 5.41) is 15.2. The molecule has 0 saturated heterocycles. The number of nitro groups is 1. The molecule has 0 spiro atoms. The first-order valence-electron chi connectivity index (χ1n) is 9.11. The van der Waals surface area contributed by atoms with Crippen LogP contribution in [0, 0.1) is 17.0 Å². The van der Waals surface area contributed by atoms with Gasteiger partial charge in [-0.15, -0.1) is 0 Å². The van der Waals surface area contributed by atoms with Gasteiger partial charge in [-0.05, 0) is 37.6 Å². The Morgan fingerprint density at radius 2 is 1.77 bits per heavy atom. The van der Waals surface area contributed by atoms with Crippen LogP contribution < -0.4 is 4.74 Å². The highest BCUT2D eigenvalue weighted by Crippen LogP contribution is 2.35. The van der Waals surface area contributed by atoms with Gasteiger partial charge in [-0.3, -0.25) is 14.9 Å². The van der Waals surface area contributed by atoms with Gasteiger partial charge >= 0.3 is 5.97 Å². The summed E-state index contributed by atoms with van der Waals surface area (Å²) in [5.74, 6) is -0.801. The highest BCUT2D eigenvalue weighted by Gasteiger charge is 2.32. The Morgan fingerprint density at radius 1 is 1.13 bits per heavy atom. The monoisotopic (exact) mass is 429 g/mol. The number of hydrogen-bond donors (Lipinski definition) is 0. The number of esters is 1. The molecule has 0 atom stereocenters. The second-order valence-corrected chi connectivity index (χ2v) is 8.33. The van der Waals surface area contributed by atoms with Gasteiger partial charge in [0.1, 0.15) is 0 Å². The van der Waals surface area contributed by atoms with E-state index < -0.39 is 20.7 Å². The highest BCUT2D eigenvalue weighted by atomic mass is 32.2. The van der Waals surface area contributed by atoms with E-state index in [0.717, 1.165) is 24.3 Å². The van der Waals surface area contributed by atoms with Crippen LogP contribution in [0.5, 0.6) is 5.88 Å². The zero-order valence-corrected chi connectivity index (χ0v) is 17.1. The van der Waals surface area contributed by atoms with Crippen LogP contribution in [-0.4, -0.2) is 29.1 Å². The number of carbonyl (C=O) groups excluding carboxylic acids is 1. The number of hydrogen-bond acceptors (Lipinski definition) is 7. The van der Waals surface area contributed by atoms with Crippen LogP contribution in [0.3, 0.4) is 0 Å². The van der Waals surface area contributed by atoms with Crippen LogP contribution in [0.2, 0.25) is 0 Å². The van der Waals surface area contributed by atoms with Crippen molar-refractivity contribution >= 4 is 21.5 Å². The molecule has 9 nitrogen and oxygen atoms in total. The maximum Gasteiger partial charge on any atom is 0.312 e. The third kappa shape index (κ3) is 4.08. The first-order valence-corrected chi connectivity index (χ1v) is 10.6. The summed E-state index contributed by atoms with van der Waals surface area (Å²) in [7, 11) is -4.17. The lowest BCUT2D eigenvalue weighted by molar-refractivity contribution is -0.384. The minimum atomic E-state index is -4.17. The molecule has 0 unspecified atom stereocenters. The zero-order chi connectivity index (χ0) is 21.9. The van der Waals surface area contributed by atoms with E-state index >= 15 is 0 Å². The fraction of sp³-hybridized carbons (Fsp3) is 0.200. The SMILES string of the molecule is CCCC(=O)Oc1c(S(=O)(=O)c2ccc([N+](=O)[O-])cc2)c(C)nn1-c1ccccc1. The number of rotatable bonds is 7. The van der Waals surface area contributed by atoms with Gasteiger partial charge in [-0.25, -0.2) is 8.42 Å². The number of aryl methyl sites for hydroxylation is 1. The molecule has 0 N–H and O–H groups in total. The quantitative estimate of drug-likeness (QED) is 0.319. The minimum absolute atomic E-state index is 0.107. The molecule has 0 aliphatic carbocycles. The lowest BCUT2D eigenvalue weighted by Crippen LogP contribution is -2.13. The molecule has 0 saturated carbocycles. The van der Waals surface area contributed by atoms with Gasteiger partial charge in [0.25, 0.3) is 5.69 Å². The van der Waals surface area contributed by atoms with Crippen LogP contribution in [0.15, 0.2) is 64.4 Å². The summed E-state index contributed by atoms with van der Waals surface area (Å²) in [5.41, 5.74) is 0.418. The number of nitrogens with zero attached hydrogens (tertiary/aromatic N) is 3. The number of sulfone groups is 1. The molecule has 3 aromatic rings. The van der Waals surface area contributed by atoms with E-state index in [0.29, 0.717) is 12.1 Å². The van der Waals surface area contributed by atoms with Crippen molar-refractivity contribution in [1.29, 1.82) is 0 Å². The van der Waals surface area contributed by atoms with E-state index in [-0.39, 0.29) is 33.5 Å². The smallest absolute Gasteiger partial charge is 0.312 e. The molecule has 2 aromatic carbocycles. The topological polar surface area (TPSA) is 121 Å². The van der Waals surface area contributed by atoms with Crippen LogP contribution in [0.1, 0.15) is 25.5 Å². The van der Waals surface area contributed by atoms with Crippen molar-refractivity contribution in [2.75, 3.05) is 0 Å². The Labute approximate surface area is 173 Å². The van der Waals surface area contributed by atoms with E-state index in [9.17, 15) is 23.3 Å². The van der Waals surface area contributed by atoms with Gasteiger partial charge in [0, 0.05) is 18.6 Å². The molecular formula is C20H19N3O6S. The summed E-state index contributed by atoms with van der Waals surface area (Å²) in [6, 6.07) is 13.2. The number of para-hydroxylation sites is 1. The van der Waals surface area contributed by atoms with Crippen molar-refractivity contribution < 1.29 is 22.9 Å². The van der Waals surface area contributed by atoms with E-state index in [4.69, 9.17) is 4.74 Å². The van der Waals surface area contributed by atoms with Crippen molar-refractivity contribution in [3.05, 3.63) is 70.4 Å². The Morgan fingerprint density at radius 3 is 2.33 bits per heavy atom. The van der Waals surface area contributed by atoms with Crippen molar-refractivity contribution in [1.82, 2.24) is 9.78 Å². The van der Waals surface area contributed by atoms with E-state index in [1.54, 1.807) is 37.3 Å². The van der Waals surface area contributed by atoms with E-state index in [2.05, 4.69) is 5.10 Å². The Hall–Kier alpha value is -3.53. The number of carbonyl (C=O) groups is 1. The van der Waals surface area contributed by atoms with Gasteiger partial charge in [0.05, 0.1) is 21.2 Å². The van der Waals surface area contributed by atoms with Crippen molar-refractivity contribution in [2.45, 2.75) is 36.5 Å². The minimum Gasteiger partial charge on any atom is -0.406 e. The van der Waals surface area contributed by atoms with Crippen molar-refractivity contribution in [3.63, 3.8) is 0 Å². The Balaban J connectivity index is 2.18. The van der Waals surface area contributed by atoms with Crippen LogP contribution in [-0.2, 0) is 14.6 Å². The highest BCUT2D eigenvalue weighted by molar-refractivity contribution is 7.91. The third-order valence-electron chi connectivity index (χ3n) is 4.26. The van der Waals surface area contributed by atoms with Crippen LogP contribution >= 0.6 is 0 Å². The molecule has 156 valence electrons. The second kappa shape index (κ2) is 8.46. The molecule has 0 amide bonds. The molecule has 10 heteroatoms. The van der Waals surface area contributed by atoms with E-state index in [1.165, 1.54) is 11.6 Å². The molecule has 0 fully saturated rings. The molecule has 0 bridgehead atoms. The fourth-order valence-corrected chi connectivity index (χ4v) is 4.38. The predicted octanol–water partition coefficient (Wildman–Crippen LogP) is 3.63. The number of benzene rings is 2. The maximum absolute atomic E-state index is 13.3. The average Bonchev–Trinajstić information content (AvgIpc) is 3.05. The molecule has 3 rings (SSSR count). The molecule has 1 heterocycles. The molecule has 0 aliphatic heterocycles. The summed E-state index contributed by atoms with van der Waals surface area (Å²) in [4.78, 5) is 22.0. The van der Waals surface area contributed by atoms with Gasteiger partial charge in [0.2, 0.25) is 15.7 Å². The number of non-ortho nitro benzene ring substituents is 1. The maximum atomic E-state index is 13.3. The van der Waals surface area contributed by atoms with Gasteiger partial charge in [-0.2, -0.15) is 9.78 Å².